The minimum atomic E-state index is -1.02. The van der Waals surface area contributed by atoms with Crippen molar-refractivity contribution in [2.24, 2.45) is 0 Å². The normalized spacial score (nSPS) is 14.6. The van der Waals surface area contributed by atoms with Crippen molar-refractivity contribution in [3.05, 3.63) is 29.8 Å². The molecule has 0 bridgehead atoms. The van der Waals surface area contributed by atoms with Crippen LogP contribution in [0.4, 0.5) is 0 Å². The van der Waals surface area contributed by atoms with Crippen molar-refractivity contribution in [2.45, 2.75) is 12.5 Å². The van der Waals surface area contributed by atoms with Crippen molar-refractivity contribution in [1.29, 1.82) is 0 Å². The molecule has 1 aromatic rings. The van der Waals surface area contributed by atoms with Gasteiger partial charge in [0.15, 0.2) is 0 Å². The van der Waals surface area contributed by atoms with Gasteiger partial charge in [-0.1, -0.05) is 12.1 Å². The van der Waals surface area contributed by atoms with Crippen molar-refractivity contribution in [3.63, 3.8) is 0 Å². The minimum absolute atomic E-state index is 0.718. The van der Waals surface area contributed by atoms with Crippen LogP contribution in [-0.2, 0) is 10.3 Å². The lowest BCUT2D eigenvalue weighted by molar-refractivity contribution is -0.149. The average molecular weight is 223 g/mol. The number of aliphatic carboxylic acids is 1. The van der Waals surface area contributed by atoms with Gasteiger partial charge < -0.3 is 9.84 Å². The molecule has 0 heterocycles. The third-order valence-corrected chi connectivity index (χ3v) is 2.96. The second kappa shape index (κ2) is 4.53. The van der Waals surface area contributed by atoms with Crippen molar-refractivity contribution < 1.29 is 14.6 Å². The molecule has 16 heavy (non-hydrogen) atoms. The molecular weight excluding hydrogens is 206 g/mol. The average Bonchev–Trinajstić information content (AvgIpc) is 2.27. The van der Waals surface area contributed by atoms with E-state index >= 15 is 0 Å². The molecule has 1 aromatic carbocycles. The molecule has 4 nitrogen and oxygen atoms in total. The number of methoxy groups -OCH3 is 1. The van der Waals surface area contributed by atoms with Crippen LogP contribution in [0.3, 0.4) is 0 Å². The Labute approximate surface area is 95.5 Å². The fourth-order valence-corrected chi connectivity index (χ4v) is 1.49. The SMILES string of the molecule is COc1ccc([C@](C)(C(=O)O)N(C)C)cc1. The zero-order chi connectivity index (χ0) is 12.3. The van der Waals surface area contributed by atoms with Crippen molar-refractivity contribution in [2.75, 3.05) is 21.2 Å². The number of carboxylic acids is 1. The molecule has 0 spiro atoms. The van der Waals surface area contributed by atoms with Crippen molar-refractivity contribution >= 4 is 5.97 Å². The quantitative estimate of drug-likeness (QED) is 0.841. The van der Waals surface area contributed by atoms with Crippen LogP contribution in [0, 0.1) is 0 Å². The largest absolute Gasteiger partial charge is 0.497 e. The standard InChI is InChI=1S/C12H17NO3/c1-12(11(14)15,13(2)3)9-5-7-10(16-4)8-6-9/h5-8H,1-4H3,(H,14,15)/t12-/m1/s1. The lowest BCUT2D eigenvalue weighted by Crippen LogP contribution is -2.45. The molecule has 0 amide bonds. The highest BCUT2D eigenvalue weighted by molar-refractivity contribution is 5.80. The summed E-state index contributed by atoms with van der Waals surface area (Å²) in [6.45, 7) is 1.68. The maximum Gasteiger partial charge on any atom is 0.328 e. The molecule has 0 aliphatic rings. The second-order valence-corrected chi connectivity index (χ2v) is 4.00. The molecule has 0 radical (unpaired) electrons. The highest BCUT2D eigenvalue weighted by Gasteiger charge is 2.37. The summed E-state index contributed by atoms with van der Waals surface area (Å²) in [6, 6.07) is 7.07. The van der Waals surface area contributed by atoms with Gasteiger partial charge in [-0.15, -0.1) is 0 Å². The molecule has 88 valence electrons. The van der Waals surface area contributed by atoms with Gasteiger partial charge in [0.25, 0.3) is 0 Å². The lowest BCUT2D eigenvalue weighted by atomic mass is 9.91. The van der Waals surface area contributed by atoms with E-state index < -0.39 is 11.5 Å². The summed E-state index contributed by atoms with van der Waals surface area (Å²) >= 11 is 0. The van der Waals surface area contributed by atoms with Gasteiger partial charge in [0.05, 0.1) is 7.11 Å². The first-order valence-corrected chi connectivity index (χ1v) is 4.98. The van der Waals surface area contributed by atoms with E-state index in [2.05, 4.69) is 0 Å². The summed E-state index contributed by atoms with van der Waals surface area (Å²) in [5.41, 5.74) is -0.294. The number of likely N-dealkylation sites (N-methyl/N-ethyl adjacent to an activating group) is 1. The highest BCUT2D eigenvalue weighted by atomic mass is 16.5. The Kier molecular flexibility index (Phi) is 3.55. The number of hydrogen-bond donors (Lipinski definition) is 1. The Morgan fingerprint density at radius 2 is 1.81 bits per heavy atom. The molecular formula is C12H17NO3. The molecule has 0 aromatic heterocycles. The number of carboxylic acid groups (broad SMARTS) is 1. The van der Waals surface area contributed by atoms with Gasteiger partial charge in [-0.3, -0.25) is 4.90 Å². The number of benzene rings is 1. The van der Waals surface area contributed by atoms with E-state index in [0.29, 0.717) is 0 Å². The van der Waals surface area contributed by atoms with Gasteiger partial charge >= 0.3 is 5.97 Å². The third-order valence-electron chi connectivity index (χ3n) is 2.96. The maximum atomic E-state index is 11.3. The van der Waals surface area contributed by atoms with Crippen molar-refractivity contribution in [3.8, 4) is 5.75 Å². The Morgan fingerprint density at radius 3 is 2.12 bits per heavy atom. The predicted octanol–water partition coefficient (Wildman–Crippen LogP) is 1.56. The summed E-state index contributed by atoms with van der Waals surface area (Å²) in [7, 11) is 5.08. The maximum absolute atomic E-state index is 11.3. The zero-order valence-electron chi connectivity index (χ0n) is 10.0. The fourth-order valence-electron chi connectivity index (χ4n) is 1.49. The Balaban J connectivity index is 3.17. The molecule has 0 aliphatic carbocycles. The van der Waals surface area contributed by atoms with Crippen LogP contribution in [0.2, 0.25) is 0 Å². The van der Waals surface area contributed by atoms with E-state index in [0.717, 1.165) is 11.3 Å². The van der Waals surface area contributed by atoms with Gasteiger partial charge in [0.1, 0.15) is 11.3 Å². The molecule has 0 unspecified atom stereocenters. The smallest absolute Gasteiger partial charge is 0.328 e. The molecule has 0 saturated carbocycles. The Bertz CT molecular complexity index is 372. The summed E-state index contributed by atoms with van der Waals surface area (Å²) in [6.07, 6.45) is 0. The molecule has 4 heteroatoms. The van der Waals surface area contributed by atoms with Crippen molar-refractivity contribution in [1.82, 2.24) is 4.90 Å². The third kappa shape index (κ3) is 2.02. The van der Waals surface area contributed by atoms with Crippen LogP contribution in [0.5, 0.6) is 5.75 Å². The first-order chi connectivity index (χ1) is 7.42. The fraction of sp³-hybridized carbons (Fsp3) is 0.417. The molecule has 1 rings (SSSR count). The zero-order valence-corrected chi connectivity index (χ0v) is 10.0. The molecule has 0 saturated heterocycles. The number of hydrogen-bond acceptors (Lipinski definition) is 3. The minimum Gasteiger partial charge on any atom is -0.497 e. The van der Waals surface area contributed by atoms with Crippen LogP contribution in [-0.4, -0.2) is 37.2 Å². The van der Waals surface area contributed by atoms with Gasteiger partial charge in [0, 0.05) is 0 Å². The second-order valence-electron chi connectivity index (χ2n) is 4.00. The molecule has 1 atom stereocenters. The van der Waals surface area contributed by atoms with Gasteiger partial charge in [-0.25, -0.2) is 4.79 Å². The monoisotopic (exact) mass is 223 g/mol. The first-order valence-electron chi connectivity index (χ1n) is 4.98. The number of carbonyl (C=O) groups is 1. The van der Waals surface area contributed by atoms with E-state index in [1.807, 2.05) is 0 Å². The summed E-state index contributed by atoms with van der Waals surface area (Å²) in [5, 5.41) is 9.31. The van der Waals surface area contributed by atoms with Crippen LogP contribution >= 0.6 is 0 Å². The van der Waals surface area contributed by atoms with Crippen LogP contribution in [0.15, 0.2) is 24.3 Å². The van der Waals surface area contributed by atoms with Gasteiger partial charge in [0.2, 0.25) is 0 Å². The van der Waals surface area contributed by atoms with E-state index in [1.165, 1.54) is 0 Å². The summed E-state index contributed by atoms with van der Waals surface area (Å²) < 4.78 is 5.04. The van der Waals surface area contributed by atoms with E-state index in [9.17, 15) is 9.90 Å². The molecule has 1 N–H and O–H groups in total. The molecule has 0 aliphatic heterocycles. The first kappa shape index (κ1) is 12.5. The topological polar surface area (TPSA) is 49.8 Å². The van der Waals surface area contributed by atoms with E-state index in [4.69, 9.17) is 4.74 Å². The van der Waals surface area contributed by atoms with Gasteiger partial charge in [-0.05, 0) is 38.7 Å². The number of nitrogens with zero attached hydrogens (tertiary/aromatic N) is 1. The number of ether oxygens (including phenoxy) is 1. The van der Waals surface area contributed by atoms with Crippen LogP contribution < -0.4 is 4.74 Å². The Hall–Kier alpha value is -1.55. The Morgan fingerprint density at radius 1 is 1.31 bits per heavy atom. The van der Waals surface area contributed by atoms with Crippen LogP contribution in [0.1, 0.15) is 12.5 Å². The number of rotatable bonds is 4. The summed E-state index contributed by atoms with van der Waals surface area (Å²) in [5.74, 6) is -0.155. The van der Waals surface area contributed by atoms with E-state index in [1.54, 1.807) is 57.3 Å². The summed E-state index contributed by atoms with van der Waals surface area (Å²) in [4.78, 5) is 13.0. The lowest BCUT2D eigenvalue weighted by Gasteiger charge is -2.32. The predicted molar refractivity (Wildman–Crippen MR) is 61.7 cm³/mol. The van der Waals surface area contributed by atoms with Crippen LogP contribution in [0.25, 0.3) is 0 Å². The van der Waals surface area contributed by atoms with E-state index in [-0.39, 0.29) is 0 Å². The van der Waals surface area contributed by atoms with Gasteiger partial charge in [-0.2, -0.15) is 0 Å². The highest BCUT2D eigenvalue weighted by Crippen LogP contribution is 2.27. The molecule has 0 fully saturated rings.